The van der Waals surface area contributed by atoms with Gasteiger partial charge in [0.1, 0.15) is 36.4 Å². The fraction of sp³-hybridized carbons (Fsp3) is 0.0968. The second-order valence-electron chi connectivity index (χ2n) is 8.64. The molecule has 0 bridgehead atoms. The Hall–Kier alpha value is -3.95. The van der Waals surface area contributed by atoms with Gasteiger partial charge in [-0.3, -0.25) is 4.79 Å². The number of anilines is 1. The topological polar surface area (TPSA) is 71.3 Å². The minimum absolute atomic E-state index is 0.0765. The third-order valence-corrected chi connectivity index (χ3v) is 6.55. The van der Waals surface area contributed by atoms with Crippen molar-refractivity contribution in [3.63, 3.8) is 0 Å². The Morgan fingerprint density at radius 2 is 1.62 bits per heavy atom. The molecule has 0 aliphatic heterocycles. The summed E-state index contributed by atoms with van der Waals surface area (Å²) in [7, 11) is 0. The second-order valence-corrected chi connectivity index (χ2v) is 9.89. The van der Waals surface area contributed by atoms with E-state index in [1.54, 1.807) is 60.7 Å². The SMILES string of the molecule is Cc1ccc(COc2ccc(NC(=O)/C(C#N)=C/c3ccc(OCc4ccc(Cl)cc4Cl)c(Cl)c3)cc2)cc1. The van der Waals surface area contributed by atoms with Gasteiger partial charge in [0.05, 0.1) is 5.02 Å². The molecule has 0 aliphatic carbocycles. The molecule has 196 valence electrons. The highest BCUT2D eigenvalue weighted by Gasteiger charge is 2.11. The Morgan fingerprint density at radius 3 is 2.28 bits per heavy atom. The summed E-state index contributed by atoms with van der Waals surface area (Å²) in [6.07, 6.45) is 1.46. The smallest absolute Gasteiger partial charge is 0.266 e. The third kappa shape index (κ3) is 8.02. The Labute approximate surface area is 242 Å². The molecule has 4 rings (SSSR count). The highest BCUT2D eigenvalue weighted by Crippen LogP contribution is 2.29. The van der Waals surface area contributed by atoms with Gasteiger partial charge in [-0.25, -0.2) is 0 Å². The van der Waals surface area contributed by atoms with E-state index in [1.165, 1.54) is 11.6 Å². The molecular formula is C31H23Cl3N2O3. The number of nitrogens with one attached hydrogen (secondary N) is 1. The van der Waals surface area contributed by atoms with Gasteiger partial charge in [0.25, 0.3) is 5.91 Å². The number of benzene rings is 4. The average molecular weight is 578 g/mol. The van der Waals surface area contributed by atoms with Crippen LogP contribution in [0.1, 0.15) is 22.3 Å². The van der Waals surface area contributed by atoms with Gasteiger partial charge in [0.2, 0.25) is 0 Å². The van der Waals surface area contributed by atoms with Crippen LogP contribution in [0.2, 0.25) is 15.1 Å². The van der Waals surface area contributed by atoms with E-state index >= 15 is 0 Å². The molecule has 0 radical (unpaired) electrons. The highest BCUT2D eigenvalue weighted by molar-refractivity contribution is 6.35. The van der Waals surface area contributed by atoms with Gasteiger partial charge in [0, 0.05) is 21.3 Å². The first-order valence-electron chi connectivity index (χ1n) is 11.9. The standard InChI is InChI=1S/C31H23Cl3N2O3/c1-20-2-4-21(5-3-20)18-38-27-11-9-26(10-12-27)36-31(37)24(17-35)14-22-6-13-30(29(34)15-22)39-19-23-7-8-25(32)16-28(23)33/h2-16H,18-19H2,1H3,(H,36,37)/b24-14+. The van der Waals surface area contributed by atoms with E-state index in [9.17, 15) is 10.1 Å². The molecule has 0 saturated heterocycles. The van der Waals surface area contributed by atoms with Gasteiger partial charge in [0.15, 0.2) is 0 Å². The molecule has 4 aromatic carbocycles. The molecule has 0 fully saturated rings. The molecule has 5 nitrogen and oxygen atoms in total. The summed E-state index contributed by atoms with van der Waals surface area (Å²) in [6.45, 7) is 2.67. The summed E-state index contributed by atoms with van der Waals surface area (Å²) in [5, 5.41) is 13.7. The Morgan fingerprint density at radius 1 is 0.872 bits per heavy atom. The highest BCUT2D eigenvalue weighted by atomic mass is 35.5. The van der Waals surface area contributed by atoms with E-state index < -0.39 is 5.91 Å². The number of carbonyl (C=O) groups is 1. The van der Waals surface area contributed by atoms with Crippen LogP contribution >= 0.6 is 34.8 Å². The second kappa shape index (κ2) is 13.2. The zero-order chi connectivity index (χ0) is 27.8. The maximum Gasteiger partial charge on any atom is 0.266 e. The Bertz CT molecular complexity index is 1540. The number of hydrogen-bond donors (Lipinski definition) is 1. The van der Waals surface area contributed by atoms with E-state index in [0.717, 1.165) is 11.1 Å². The van der Waals surface area contributed by atoms with Gasteiger partial charge < -0.3 is 14.8 Å². The zero-order valence-corrected chi connectivity index (χ0v) is 23.1. The summed E-state index contributed by atoms with van der Waals surface area (Å²) in [5.74, 6) is 0.562. The van der Waals surface area contributed by atoms with Crippen molar-refractivity contribution in [2.75, 3.05) is 5.32 Å². The van der Waals surface area contributed by atoms with E-state index in [1.807, 2.05) is 37.3 Å². The summed E-state index contributed by atoms with van der Waals surface area (Å²) in [4.78, 5) is 12.7. The van der Waals surface area contributed by atoms with Crippen molar-refractivity contribution in [1.82, 2.24) is 0 Å². The summed E-state index contributed by atoms with van der Waals surface area (Å²) in [6, 6.07) is 27.1. The molecule has 1 amide bonds. The van der Waals surface area contributed by atoms with Crippen molar-refractivity contribution in [2.24, 2.45) is 0 Å². The molecule has 1 N–H and O–H groups in total. The first kappa shape index (κ1) is 28.1. The van der Waals surface area contributed by atoms with Crippen LogP contribution in [0.15, 0.2) is 90.5 Å². The number of carbonyl (C=O) groups excluding carboxylic acids is 1. The Kier molecular flexibility index (Phi) is 9.51. The molecule has 0 spiro atoms. The fourth-order valence-corrected chi connectivity index (χ4v) is 4.22. The zero-order valence-electron chi connectivity index (χ0n) is 20.9. The van der Waals surface area contributed by atoms with E-state index in [0.29, 0.717) is 44.4 Å². The first-order chi connectivity index (χ1) is 18.8. The molecule has 0 aromatic heterocycles. The van der Waals surface area contributed by atoms with Gasteiger partial charge >= 0.3 is 0 Å². The molecule has 0 saturated carbocycles. The predicted octanol–water partition coefficient (Wildman–Crippen LogP) is 8.66. The van der Waals surface area contributed by atoms with Crippen molar-refractivity contribution >= 4 is 52.5 Å². The lowest BCUT2D eigenvalue weighted by Crippen LogP contribution is -2.13. The van der Waals surface area contributed by atoms with Gasteiger partial charge in [-0.1, -0.05) is 76.8 Å². The third-order valence-electron chi connectivity index (χ3n) is 5.67. The summed E-state index contributed by atoms with van der Waals surface area (Å²) < 4.78 is 11.6. The minimum Gasteiger partial charge on any atom is -0.489 e. The van der Waals surface area contributed by atoms with Crippen LogP contribution < -0.4 is 14.8 Å². The monoisotopic (exact) mass is 576 g/mol. The summed E-state index contributed by atoms with van der Waals surface area (Å²) in [5.41, 5.74) is 4.04. The van der Waals surface area contributed by atoms with Crippen LogP contribution in [0.25, 0.3) is 6.08 Å². The van der Waals surface area contributed by atoms with E-state index in [4.69, 9.17) is 44.3 Å². The first-order valence-corrected chi connectivity index (χ1v) is 13.0. The van der Waals surface area contributed by atoms with Crippen LogP contribution in [0.5, 0.6) is 11.5 Å². The van der Waals surface area contributed by atoms with Crippen LogP contribution in [-0.2, 0) is 18.0 Å². The van der Waals surface area contributed by atoms with E-state index in [-0.39, 0.29) is 12.2 Å². The maximum absolute atomic E-state index is 12.7. The fourth-order valence-electron chi connectivity index (χ4n) is 3.52. The molecular weight excluding hydrogens is 555 g/mol. The number of rotatable bonds is 9. The van der Waals surface area contributed by atoms with Crippen LogP contribution in [0, 0.1) is 18.3 Å². The molecule has 39 heavy (non-hydrogen) atoms. The van der Waals surface area contributed by atoms with Crippen molar-refractivity contribution < 1.29 is 14.3 Å². The number of nitrogens with zero attached hydrogens (tertiary/aromatic N) is 1. The number of halogens is 3. The van der Waals surface area contributed by atoms with Gasteiger partial charge in [-0.15, -0.1) is 0 Å². The lowest BCUT2D eigenvalue weighted by atomic mass is 10.1. The molecule has 0 atom stereocenters. The molecule has 0 aliphatic rings. The number of aryl methyl sites for hydroxylation is 1. The Balaban J connectivity index is 1.35. The summed E-state index contributed by atoms with van der Waals surface area (Å²) >= 11 is 18.5. The molecule has 0 heterocycles. The van der Waals surface area contributed by atoms with Gasteiger partial charge in [-0.05, 0) is 72.7 Å². The normalized spacial score (nSPS) is 11.0. The number of amides is 1. The minimum atomic E-state index is -0.542. The number of ether oxygens (including phenoxy) is 2. The molecule has 0 unspecified atom stereocenters. The molecule has 4 aromatic rings. The van der Waals surface area contributed by atoms with Crippen molar-refractivity contribution in [1.29, 1.82) is 5.26 Å². The number of nitriles is 1. The van der Waals surface area contributed by atoms with Crippen molar-refractivity contribution in [2.45, 2.75) is 20.1 Å². The van der Waals surface area contributed by atoms with E-state index in [2.05, 4.69) is 5.32 Å². The average Bonchev–Trinajstić information content (AvgIpc) is 2.92. The lowest BCUT2D eigenvalue weighted by molar-refractivity contribution is -0.112. The number of hydrogen-bond acceptors (Lipinski definition) is 4. The predicted molar refractivity (Wildman–Crippen MR) is 156 cm³/mol. The quantitative estimate of drug-likeness (QED) is 0.160. The molecule has 8 heteroatoms. The lowest BCUT2D eigenvalue weighted by Gasteiger charge is -2.10. The van der Waals surface area contributed by atoms with Crippen LogP contribution in [0.3, 0.4) is 0 Å². The van der Waals surface area contributed by atoms with Crippen molar-refractivity contribution in [3.8, 4) is 17.6 Å². The maximum atomic E-state index is 12.7. The van der Waals surface area contributed by atoms with Crippen molar-refractivity contribution in [3.05, 3.63) is 128 Å². The largest absolute Gasteiger partial charge is 0.489 e. The van der Waals surface area contributed by atoms with Crippen LogP contribution in [0.4, 0.5) is 5.69 Å². The van der Waals surface area contributed by atoms with Gasteiger partial charge in [-0.2, -0.15) is 5.26 Å². The van der Waals surface area contributed by atoms with Crippen LogP contribution in [-0.4, -0.2) is 5.91 Å².